The minimum absolute atomic E-state index is 0.131. The van der Waals surface area contributed by atoms with E-state index in [0.717, 1.165) is 16.7 Å². The van der Waals surface area contributed by atoms with Crippen LogP contribution in [0.3, 0.4) is 0 Å². The molecule has 0 saturated carbocycles. The molecule has 8 heteroatoms. The van der Waals surface area contributed by atoms with Crippen LogP contribution >= 0.6 is 15.9 Å². The summed E-state index contributed by atoms with van der Waals surface area (Å²) in [6.07, 6.45) is -3.53. The summed E-state index contributed by atoms with van der Waals surface area (Å²) in [7, 11) is 0. The van der Waals surface area contributed by atoms with E-state index in [0.29, 0.717) is 11.4 Å². The van der Waals surface area contributed by atoms with Gasteiger partial charge in [0.1, 0.15) is 5.69 Å². The molecule has 0 radical (unpaired) electrons. The summed E-state index contributed by atoms with van der Waals surface area (Å²) in [5, 5.41) is 4.16. The van der Waals surface area contributed by atoms with Gasteiger partial charge < -0.3 is 5.73 Å². The molecule has 2 heterocycles. The lowest BCUT2D eigenvalue weighted by molar-refractivity contribution is -0.141. The molecule has 0 saturated heterocycles. The van der Waals surface area contributed by atoms with Crippen molar-refractivity contribution in [2.75, 3.05) is 5.73 Å². The molecule has 0 amide bonds. The molecule has 2 N–H and O–H groups in total. The molecule has 102 valence electrons. The number of rotatable bonds is 1. The predicted molar refractivity (Wildman–Crippen MR) is 67.9 cm³/mol. The third-order valence-electron chi connectivity index (χ3n) is 2.63. The smallest absolute Gasteiger partial charge is 0.396 e. The van der Waals surface area contributed by atoms with Crippen molar-refractivity contribution in [2.45, 2.75) is 20.0 Å². The van der Waals surface area contributed by atoms with Crippen LogP contribution in [0.25, 0.3) is 5.69 Å². The fraction of sp³-hybridized carbons (Fsp3) is 0.273. The quantitative estimate of drug-likeness (QED) is 0.870. The summed E-state index contributed by atoms with van der Waals surface area (Å²) in [4.78, 5) is 3.29. The second-order valence-corrected chi connectivity index (χ2v) is 4.82. The molecule has 4 nitrogen and oxygen atoms in total. The van der Waals surface area contributed by atoms with E-state index in [2.05, 4.69) is 26.0 Å². The highest BCUT2D eigenvalue weighted by molar-refractivity contribution is 9.10. The molecule has 0 aliphatic rings. The zero-order chi connectivity index (χ0) is 14.4. The average molecular weight is 335 g/mol. The summed E-state index contributed by atoms with van der Waals surface area (Å²) >= 11 is 3.32. The van der Waals surface area contributed by atoms with E-state index >= 15 is 0 Å². The number of aryl methyl sites for hydroxylation is 1. The number of nitrogens with zero attached hydrogens (tertiary/aromatic N) is 3. The Morgan fingerprint density at radius 3 is 2.42 bits per heavy atom. The Kier molecular flexibility index (Phi) is 3.29. The lowest BCUT2D eigenvalue weighted by Gasteiger charge is -2.11. The Morgan fingerprint density at radius 2 is 1.95 bits per heavy atom. The number of hydrogen-bond acceptors (Lipinski definition) is 3. The SMILES string of the molecule is Cc1nn(-c2cc(C(F)(F)F)ncc2N)c(C)c1Br. The van der Waals surface area contributed by atoms with Crippen molar-refractivity contribution in [1.29, 1.82) is 0 Å². The molecule has 0 spiro atoms. The number of nitrogens with two attached hydrogens (primary N) is 1. The highest BCUT2D eigenvalue weighted by Gasteiger charge is 2.33. The van der Waals surface area contributed by atoms with Gasteiger partial charge in [-0.15, -0.1) is 0 Å². The van der Waals surface area contributed by atoms with Crippen molar-refractivity contribution in [1.82, 2.24) is 14.8 Å². The highest BCUT2D eigenvalue weighted by Crippen LogP contribution is 2.32. The maximum Gasteiger partial charge on any atom is 0.433 e. The van der Waals surface area contributed by atoms with E-state index in [1.165, 1.54) is 4.68 Å². The average Bonchev–Trinajstić information content (AvgIpc) is 2.56. The number of pyridine rings is 1. The topological polar surface area (TPSA) is 56.7 Å². The molecule has 0 fully saturated rings. The van der Waals surface area contributed by atoms with Crippen LogP contribution in [0.15, 0.2) is 16.7 Å². The van der Waals surface area contributed by atoms with E-state index in [9.17, 15) is 13.2 Å². The van der Waals surface area contributed by atoms with Gasteiger partial charge >= 0.3 is 6.18 Å². The third kappa shape index (κ3) is 2.44. The molecule has 0 aliphatic heterocycles. The summed E-state index contributed by atoms with van der Waals surface area (Å²) < 4.78 is 40.1. The second kappa shape index (κ2) is 4.52. The van der Waals surface area contributed by atoms with Gasteiger partial charge in [0, 0.05) is 0 Å². The van der Waals surface area contributed by atoms with Gasteiger partial charge in [0.25, 0.3) is 0 Å². The van der Waals surface area contributed by atoms with Gasteiger partial charge in [-0.3, -0.25) is 0 Å². The molecule has 2 aromatic heterocycles. The van der Waals surface area contributed by atoms with Gasteiger partial charge in [-0.05, 0) is 35.8 Å². The van der Waals surface area contributed by atoms with E-state index in [1.54, 1.807) is 13.8 Å². The summed E-state index contributed by atoms with van der Waals surface area (Å²) in [6, 6.07) is 0.890. The van der Waals surface area contributed by atoms with E-state index in [-0.39, 0.29) is 11.4 Å². The third-order valence-corrected chi connectivity index (χ3v) is 3.78. The summed E-state index contributed by atoms with van der Waals surface area (Å²) in [6.45, 7) is 3.48. The minimum atomic E-state index is -4.52. The van der Waals surface area contributed by atoms with Crippen LogP contribution in [0.2, 0.25) is 0 Å². The van der Waals surface area contributed by atoms with Gasteiger partial charge in [0.15, 0.2) is 0 Å². The Labute approximate surface area is 115 Å². The highest BCUT2D eigenvalue weighted by atomic mass is 79.9. The van der Waals surface area contributed by atoms with Crippen LogP contribution in [-0.2, 0) is 6.18 Å². The molecule has 0 bridgehead atoms. The summed E-state index contributed by atoms with van der Waals surface area (Å²) in [5.74, 6) is 0. The molecule has 2 aromatic rings. The van der Waals surface area contributed by atoms with Crippen molar-refractivity contribution < 1.29 is 13.2 Å². The zero-order valence-electron chi connectivity index (χ0n) is 10.1. The first kappa shape index (κ1) is 13.9. The van der Waals surface area contributed by atoms with Crippen LogP contribution < -0.4 is 5.73 Å². The maximum absolute atomic E-state index is 12.7. The fourth-order valence-corrected chi connectivity index (χ4v) is 1.90. The second-order valence-electron chi connectivity index (χ2n) is 4.02. The van der Waals surface area contributed by atoms with Crippen molar-refractivity contribution in [3.05, 3.63) is 33.8 Å². The van der Waals surface area contributed by atoms with Crippen LogP contribution in [0.1, 0.15) is 17.1 Å². The Morgan fingerprint density at radius 1 is 1.32 bits per heavy atom. The van der Waals surface area contributed by atoms with Gasteiger partial charge in [0.05, 0.1) is 33.4 Å². The molecule has 0 unspecified atom stereocenters. The minimum Gasteiger partial charge on any atom is -0.396 e. The van der Waals surface area contributed by atoms with Gasteiger partial charge in [-0.1, -0.05) is 0 Å². The number of anilines is 1. The molecule has 0 atom stereocenters. The standard InChI is InChI=1S/C11H10BrF3N4/c1-5-10(12)6(2)19(18-5)8-3-9(11(13,14)15)17-4-7(8)16/h3-4H,16H2,1-2H3. The number of nitrogen functional groups attached to an aromatic ring is 1. The predicted octanol–water partition coefficient (Wildman–Crippen LogP) is 3.25. The van der Waals surface area contributed by atoms with Crippen LogP contribution in [-0.4, -0.2) is 14.8 Å². The monoisotopic (exact) mass is 334 g/mol. The maximum atomic E-state index is 12.7. The first-order valence-electron chi connectivity index (χ1n) is 5.26. The van der Waals surface area contributed by atoms with E-state index in [4.69, 9.17) is 5.73 Å². The van der Waals surface area contributed by atoms with Crippen molar-refractivity contribution in [3.63, 3.8) is 0 Å². The van der Waals surface area contributed by atoms with Gasteiger partial charge in [-0.2, -0.15) is 18.3 Å². The number of hydrogen-bond donors (Lipinski definition) is 1. The number of halogens is 4. The van der Waals surface area contributed by atoms with Gasteiger partial charge in [-0.25, -0.2) is 9.67 Å². The molecule has 0 aromatic carbocycles. The summed E-state index contributed by atoms with van der Waals surface area (Å²) in [5.41, 5.74) is 6.32. The molecule has 0 aliphatic carbocycles. The fourth-order valence-electron chi connectivity index (χ4n) is 1.65. The van der Waals surface area contributed by atoms with E-state index < -0.39 is 11.9 Å². The Bertz CT molecular complexity index is 634. The normalized spacial score (nSPS) is 11.9. The Balaban J connectivity index is 2.65. The van der Waals surface area contributed by atoms with Crippen molar-refractivity contribution >= 4 is 21.6 Å². The molecular formula is C11H10BrF3N4. The lowest BCUT2D eigenvalue weighted by Crippen LogP contribution is -2.12. The first-order chi connectivity index (χ1) is 8.71. The largest absolute Gasteiger partial charge is 0.433 e. The molecule has 19 heavy (non-hydrogen) atoms. The number of aromatic nitrogens is 3. The lowest BCUT2D eigenvalue weighted by atomic mass is 10.2. The first-order valence-corrected chi connectivity index (χ1v) is 6.06. The van der Waals surface area contributed by atoms with E-state index in [1.807, 2.05) is 0 Å². The van der Waals surface area contributed by atoms with Gasteiger partial charge in [0.2, 0.25) is 0 Å². The number of alkyl halides is 3. The van der Waals surface area contributed by atoms with Crippen LogP contribution in [0, 0.1) is 13.8 Å². The zero-order valence-corrected chi connectivity index (χ0v) is 11.7. The van der Waals surface area contributed by atoms with Crippen molar-refractivity contribution in [2.24, 2.45) is 0 Å². The van der Waals surface area contributed by atoms with Crippen molar-refractivity contribution in [3.8, 4) is 5.69 Å². The van der Waals surface area contributed by atoms with Crippen LogP contribution in [0.4, 0.5) is 18.9 Å². The Hall–Kier alpha value is -1.57. The molecular weight excluding hydrogens is 325 g/mol. The van der Waals surface area contributed by atoms with Crippen LogP contribution in [0.5, 0.6) is 0 Å². The molecule has 2 rings (SSSR count).